The summed E-state index contributed by atoms with van der Waals surface area (Å²) in [5.74, 6) is 0.338. The molecule has 0 aliphatic carbocycles. The third-order valence-electron chi connectivity index (χ3n) is 2.35. The van der Waals surface area contributed by atoms with Crippen molar-refractivity contribution in [2.24, 2.45) is 0 Å². The monoisotopic (exact) mass is 170 g/mol. The van der Waals surface area contributed by atoms with Crippen molar-refractivity contribution in [3.63, 3.8) is 0 Å². The predicted octanol–water partition coefficient (Wildman–Crippen LogP) is 0.258. The van der Waals surface area contributed by atoms with E-state index in [1.54, 1.807) is 0 Å². The van der Waals surface area contributed by atoms with E-state index in [0.717, 1.165) is 13.1 Å². The van der Waals surface area contributed by atoms with E-state index >= 15 is 0 Å². The van der Waals surface area contributed by atoms with Gasteiger partial charge in [0.05, 0.1) is 12.6 Å². The number of nitrogens with one attached hydrogen (secondary N) is 1. The van der Waals surface area contributed by atoms with Gasteiger partial charge in [-0.1, -0.05) is 6.92 Å². The van der Waals surface area contributed by atoms with Crippen LogP contribution in [0.25, 0.3) is 0 Å². The second-order valence-corrected chi connectivity index (χ2v) is 3.60. The molecule has 1 rings (SSSR count). The molecule has 0 bridgehead atoms. The van der Waals surface area contributed by atoms with Gasteiger partial charge in [-0.15, -0.1) is 0 Å². The lowest BCUT2D eigenvalue weighted by molar-refractivity contribution is -0.118. The van der Waals surface area contributed by atoms with Crippen molar-refractivity contribution in [2.45, 2.75) is 32.9 Å². The van der Waals surface area contributed by atoms with Crippen molar-refractivity contribution in [1.29, 1.82) is 0 Å². The standard InChI is InChI=1S/C9H18N2O/c1-4-10-8-5-11(7(2)3)6-9(8)12/h7-8,10H,4-6H2,1-3H3/t8-/m1/s1. The number of hydrogen-bond donors (Lipinski definition) is 1. The molecule has 1 atom stereocenters. The normalized spacial score (nSPS) is 25.7. The molecule has 0 aromatic heterocycles. The molecule has 0 unspecified atom stereocenters. The summed E-state index contributed by atoms with van der Waals surface area (Å²) < 4.78 is 0. The zero-order chi connectivity index (χ0) is 9.14. The Morgan fingerprint density at radius 1 is 1.67 bits per heavy atom. The lowest BCUT2D eigenvalue weighted by atomic mass is 10.2. The second-order valence-electron chi connectivity index (χ2n) is 3.60. The van der Waals surface area contributed by atoms with Crippen LogP contribution >= 0.6 is 0 Å². The number of ketones is 1. The van der Waals surface area contributed by atoms with E-state index in [-0.39, 0.29) is 6.04 Å². The smallest absolute Gasteiger partial charge is 0.164 e. The molecule has 0 spiro atoms. The lowest BCUT2D eigenvalue weighted by Crippen LogP contribution is -2.37. The Kier molecular flexibility index (Phi) is 3.23. The van der Waals surface area contributed by atoms with E-state index in [1.165, 1.54) is 0 Å². The maximum Gasteiger partial charge on any atom is 0.164 e. The summed E-state index contributed by atoms with van der Waals surface area (Å²) in [7, 11) is 0. The lowest BCUT2D eigenvalue weighted by Gasteiger charge is -2.18. The molecular weight excluding hydrogens is 152 g/mol. The molecule has 0 radical (unpaired) electrons. The van der Waals surface area contributed by atoms with Gasteiger partial charge < -0.3 is 5.32 Å². The van der Waals surface area contributed by atoms with Crippen LogP contribution in [0, 0.1) is 0 Å². The van der Waals surface area contributed by atoms with E-state index in [2.05, 4.69) is 24.1 Å². The van der Waals surface area contributed by atoms with Gasteiger partial charge in [0.2, 0.25) is 0 Å². The number of nitrogens with zero attached hydrogens (tertiary/aromatic N) is 1. The number of Topliss-reactive ketones (excluding diaryl/α,β-unsaturated/α-hetero) is 1. The highest BCUT2D eigenvalue weighted by molar-refractivity contribution is 5.88. The van der Waals surface area contributed by atoms with Crippen molar-refractivity contribution in [1.82, 2.24) is 10.2 Å². The van der Waals surface area contributed by atoms with Gasteiger partial charge in [0.25, 0.3) is 0 Å². The fraction of sp³-hybridized carbons (Fsp3) is 0.889. The fourth-order valence-electron chi connectivity index (χ4n) is 1.53. The molecule has 70 valence electrons. The number of likely N-dealkylation sites (N-methyl/N-ethyl adjacent to an activating group) is 1. The highest BCUT2D eigenvalue weighted by Gasteiger charge is 2.30. The van der Waals surface area contributed by atoms with Crippen molar-refractivity contribution < 1.29 is 4.79 Å². The number of rotatable bonds is 3. The first-order chi connectivity index (χ1) is 5.65. The van der Waals surface area contributed by atoms with Crippen molar-refractivity contribution >= 4 is 5.78 Å². The molecule has 0 saturated carbocycles. The Labute approximate surface area is 74.1 Å². The zero-order valence-corrected chi connectivity index (χ0v) is 8.13. The topological polar surface area (TPSA) is 32.3 Å². The van der Waals surface area contributed by atoms with Crippen molar-refractivity contribution in [3.05, 3.63) is 0 Å². The fourth-order valence-corrected chi connectivity index (χ4v) is 1.53. The zero-order valence-electron chi connectivity index (χ0n) is 8.13. The van der Waals surface area contributed by atoms with Gasteiger partial charge >= 0.3 is 0 Å². The Morgan fingerprint density at radius 2 is 2.33 bits per heavy atom. The Hall–Kier alpha value is -0.410. The van der Waals surface area contributed by atoms with Crippen LogP contribution in [0.5, 0.6) is 0 Å². The summed E-state index contributed by atoms with van der Waals surface area (Å²) in [6, 6.07) is 0.565. The molecule has 1 N–H and O–H groups in total. The van der Waals surface area contributed by atoms with E-state index in [4.69, 9.17) is 0 Å². The van der Waals surface area contributed by atoms with Gasteiger partial charge in [-0.2, -0.15) is 0 Å². The predicted molar refractivity (Wildman–Crippen MR) is 49.2 cm³/mol. The summed E-state index contributed by atoms with van der Waals surface area (Å²) >= 11 is 0. The van der Waals surface area contributed by atoms with Gasteiger partial charge in [0.15, 0.2) is 5.78 Å². The average molecular weight is 170 g/mol. The molecule has 0 aromatic rings. The van der Waals surface area contributed by atoms with Crippen LogP contribution < -0.4 is 5.32 Å². The quantitative estimate of drug-likeness (QED) is 0.659. The number of carbonyl (C=O) groups is 1. The second kappa shape index (κ2) is 4.01. The molecule has 3 heteroatoms. The molecular formula is C9H18N2O. The van der Waals surface area contributed by atoms with Crippen LogP contribution in [0.4, 0.5) is 0 Å². The minimum absolute atomic E-state index is 0.0809. The van der Waals surface area contributed by atoms with Gasteiger partial charge in [0, 0.05) is 12.6 Å². The van der Waals surface area contributed by atoms with Gasteiger partial charge in [-0.25, -0.2) is 0 Å². The largest absolute Gasteiger partial charge is 0.307 e. The SMILES string of the molecule is CCN[C@@H]1CN(C(C)C)CC1=O. The Bertz CT molecular complexity index is 168. The van der Waals surface area contributed by atoms with Crippen LogP contribution in [0.2, 0.25) is 0 Å². The Morgan fingerprint density at radius 3 is 2.75 bits per heavy atom. The van der Waals surface area contributed by atoms with Crippen LogP contribution in [0.1, 0.15) is 20.8 Å². The summed E-state index contributed by atoms with van der Waals surface area (Å²) in [6.45, 7) is 8.66. The summed E-state index contributed by atoms with van der Waals surface area (Å²) in [5, 5.41) is 3.19. The van der Waals surface area contributed by atoms with Crippen LogP contribution in [-0.4, -0.2) is 42.4 Å². The van der Waals surface area contributed by atoms with Gasteiger partial charge in [-0.05, 0) is 20.4 Å². The summed E-state index contributed by atoms with van der Waals surface area (Å²) in [6.07, 6.45) is 0. The first-order valence-electron chi connectivity index (χ1n) is 4.65. The third-order valence-corrected chi connectivity index (χ3v) is 2.35. The highest BCUT2D eigenvalue weighted by Crippen LogP contribution is 2.08. The van der Waals surface area contributed by atoms with Crippen molar-refractivity contribution in [2.75, 3.05) is 19.6 Å². The highest BCUT2D eigenvalue weighted by atomic mass is 16.1. The third kappa shape index (κ3) is 2.05. The van der Waals surface area contributed by atoms with E-state index in [9.17, 15) is 4.79 Å². The summed E-state index contributed by atoms with van der Waals surface area (Å²) in [4.78, 5) is 13.6. The van der Waals surface area contributed by atoms with Crippen molar-refractivity contribution in [3.8, 4) is 0 Å². The molecule has 3 nitrogen and oxygen atoms in total. The number of carbonyl (C=O) groups excluding carboxylic acids is 1. The molecule has 1 fully saturated rings. The van der Waals surface area contributed by atoms with Gasteiger partial charge in [-0.3, -0.25) is 9.69 Å². The first-order valence-corrected chi connectivity index (χ1v) is 4.65. The molecule has 1 aliphatic heterocycles. The minimum atomic E-state index is 0.0809. The van der Waals surface area contributed by atoms with Crippen LogP contribution in [0.3, 0.4) is 0 Å². The minimum Gasteiger partial charge on any atom is -0.307 e. The number of likely N-dealkylation sites (tertiary alicyclic amines) is 1. The first kappa shape index (κ1) is 9.68. The average Bonchev–Trinajstić information content (AvgIpc) is 2.34. The molecule has 1 heterocycles. The van der Waals surface area contributed by atoms with Gasteiger partial charge in [0.1, 0.15) is 0 Å². The number of hydrogen-bond acceptors (Lipinski definition) is 3. The Balaban J connectivity index is 2.44. The molecule has 1 aliphatic rings. The molecule has 0 amide bonds. The summed E-state index contributed by atoms with van der Waals surface area (Å²) in [5.41, 5.74) is 0. The van der Waals surface area contributed by atoms with E-state index in [1.807, 2.05) is 6.92 Å². The van der Waals surface area contributed by atoms with Crippen LogP contribution in [-0.2, 0) is 4.79 Å². The molecule has 12 heavy (non-hydrogen) atoms. The molecule has 0 aromatic carbocycles. The van der Waals surface area contributed by atoms with E-state index in [0.29, 0.717) is 18.4 Å². The van der Waals surface area contributed by atoms with E-state index < -0.39 is 0 Å². The van der Waals surface area contributed by atoms with Crippen LogP contribution in [0.15, 0.2) is 0 Å². The maximum absolute atomic E-state index is 11.4. The molecule has 1 saturated heterocycles. The maximum atomic E-state index is 11.4.